The summed E-state index contributed by atoms with van der Waals surface area (Å²) in [5.41, 5.74) is 0.634. The summed E-state index contributed by atoms with van der Waals surface area (Å²) < 4.78 is 6.23. The molecule has 6 nitrogen and oxygen atoms in total. The molecule has 0 saturated carbocycles. The van der Waals surface area contributed by atoms with Crippen LogP contribution in [0.25, 0.3) is 0 Å². The molecule has 0 spiro atoms. The molecule has 1 amide bonds. The lowest BCUT2D eigenvalue weighted by Crippen LogP contribution is -2.36. The van der Waals surface area contributed by atoms with E-state index in [0.717, 1.165) is 22.5 Å². The summed E-state index contributed by atoms with van der Waals surface area (Å²) in [6.07, 6.45) is 1.47. The molecule has 1 saturated heterocycles. The molecule has 0 atom stereocenters. The number of benzene rings is 1. The van der Waals surface area contributed by atoms with Crippen LogP contribution in [0.2, 0.25) is 0 Å². The maximum Gasteiger partial charge on any atom is 0.257 e. The van der Waals surface area contributed by atoms with Gasteiger partial charge >= 0.3 is 0 Å². The molecule has 22 heavy (non-hydrogen) atoms. The van der Waals surface area contributed by atoms with E-state index in [9.17, 15) is 4.79 Å². The molecule has 114 valence electrons. The van der Waals surface area contributed by atoms with Gasteiger partial charge in [-0.3, -0.25) is 4.79 Å². The lowest BCUT2D eigenvalue weighted by atomic mass is 10.2. The highest BCUT2D eigenvalue weighted by Crippen LogP contribution is 2.17. The van der Waals surface area contributed by atoms with Crippen LogP contribution in [0.1, 0.15) is 10.4 Å². The lowest BCUT2D eigenvalue weighted by molar-refractivity contribution is 0.102. The van der Waals surface area contributed by atoms with Crippen LogP contribution in [-0.4, -0.2) is 42.2 Å². The molecule has 0 bridgehead atoms. The molecule has 1 aliphatic rings. The molecule has 1 fully saturated rings. The molecule has 0 radical (unpaired) electrons. The van der Waals surface area contributed by atoms with Crippen LogP contribution in [0.15, 0.2) is 36.7 Å². The maximum atomic E-state index is 12.3. The van der Waals surface area contributed by atoms with Crippen LogP contribution in [0.3, 0.4) is 0 Å². The molecule has 7 heteroatoms. The molecule has 1 aliphatic heterocycles. The van der Waals surface area contributed by atoms with Crippen molar-refractivity contribution in [2.24, 2.45) is 0 Å². The molecular weight excluding hydrogens is 395 g/mol. The van der Waals surface area contributed by atoms with Crippen LogP contribution in [0.5, 0.6) is 0 Å². The zero-order chi connectivity index (χ0) is 15.4. The minimum atomic E-state index is -0.170. The number of nitrogens with zero attached hydrogens (tertiary/aromatic N) is 3. The van der Waals surface area contributed by atoms with E-state index in [-0.39, 0.29) is 5.91 Å². The highest BCUT2D eigenvalue weighted by atomic mass is 127. The lowest BCUT2D eigenvalue weighted by Gasteiger charge is -2.27. The Kier molecular flexibility index (Phi) is 4.84. The number of nitrogens with one attached hydrogen (secondary N) is 1. The number of morpholine rings is 1. The van der Waals surface area contributed by atoms with E-state index in [1.165, 1.54) is 6.33 Å². The minimum absolute atomic E-state index is 0.170. The Morgan fingerprint density at radius 3 is 2.77 bits per heavy atom. The van der Waals surface area contributed by atoms with E-state index in [4.69, 9.17) is 4.74 Å². The summed E-state index contributed by atoms with van der Waals surface area (Å²) in [7, 11) is 0. The molecule has 0 unspecified atom stereocenters. The largest absolute Gasteiger partial charge is 0.378 e. The van der Waals surface area contributed by atoms with E-state index in [0.29, 0.717) is 24.6 Å². The first kappa shape index (κ1) is 15.2. The third-order valence-corrected chi connectivity index (χ3v) is 4.29. The number of hydrogen-bond donors (Lipinski definition) is 1. The highest BCUT2D eigenvalue weighted by Gasteiger charge is 2.15. The Bertz CT molecular complexity index is 674. The van der Waals surface area contributed by atoms with Crippen molar-refractivity contribution in [2.45, 2.75) is 0 Å². The van der Waals surface area contributed by atoms with Gasteiger partial charge in [-0.1, -0.05) is 12.1 Å². The third kappa shape index (κ3) is 3.53. The van der Waals surface area contributed by atoms with Crippen LogP contribution in [0, 0.1) is 3.57 Å². The SMILES string of the molecule is O=C(Nc1cc(N2CCOCC2)ncn1)c1ccccc1I. The van der Waals surface area contributed by atoms with Gasteiger partial charge in [-0.15, -0.1) is 0 Å². The van der Waals surface area contributed by atoms with E-state index in [1.807, 2.05) is 18.2 Å². The number of amides is 1. The number of halogens is 1. The Morgan fingerprint density at radius 2 is 2.00 bits per heavy atom. The Morgan fingerprint density at radius 1 is 1.23 bits per heavy atom. The fourth-order valence-electron chi connectivity index (χ4n) is 2.21. The second kappa shape index (κ2) is 7.01. The summed E-state index contributed by atoms with van der Waals surface area (Å²) in [5, 5.41) is 2.83. The average Bonchev–Trinajstić information content (AvgIpc) is 2.56. The summed E-state index contributed by atoms with van der Waals surface area (Å²) in [4.78, 5) is 22.8. The second-order valence-electron chi connectivity index (χ2n) is 4.79. The fourth-order valence-corrected chi connectivity index (χ4v) is 2.84. The normalized spacial score (nSPS) is 14.7. The summed E-state index contributed by atoms with van der Waals surface area (Å²) in [5.74, 6) is 1.13. The Labute approximate surface area is 142 Å². The molecular formula is C15H15IN4O2. The van der Waals surface area contributed by atoms with Gasteiger partial charge < -0.3 is 15.0 Å². The van der Waals surface area contributed by atoms with E-state index >= 15 is 0 Å². The van der Waals surface area contributed by atoms with Crippen molar-refractivity contribution >= 4 is 40.1 Å². The number of carbonyl (C=O) groups excluding carboxylic acids is 1. The maximum absolute atomic E-state index is 12.3. The number of aromatic nitrogens is 2. The van der Waals surface area contributed by atoms with Gasteiger partial charge in [0.15, 0.2) is 0 Å². The predicted molar refractivity (Wildman–Crippen MR) is 92.2 cm³/mol. The molecule has 2 heterocycles. The monoisotopic (exact) mass is 410 g/mol. The molecule has 1 aromatic heterocycles. The quantitative estimate of drug-likeness (QED) is 0.786. The third-order valence-electron chi connectivity index (χ3n) is 3.35. The van der Waals surface area contributed by atoms with Crippen LogP contribution in [0.4, 0.5) is 11.6 Å². The van der Waals surface area contributed by atoms with Gasteiger partial charge in [-0.2, -0.15) is 0 Å². The van der Waals surface area contributed by atoms with Crippen molar-refractivity contribution in [3.63, 3.8) is 0 Å². The van der Waals surface area contributed by atoms with Gasteiger partial charge in [0.25, 0.3) is 5.91 Å². The number of anilines is 2. The molecule has 0 aliphatic carbocycles. The first-order valence-electron chi connectivity index (χ1n) is 6.94. The van der Waals surface area contributed by atoms with Crippen LogP contribution in [-0.2, 0) is 4.74 Å². The number of carbonyl (C=O) groups is 1. The van der Waals surface area contributed by atoms with Crippen molar-refractivity contribution in [1.29, 1.82) is 0 Å². The Hall–Kier alpha value is -1.74. The fraction of sp³-hybridized carbons (Fsp3) is 0.267. The average molecular weight is 410 g/mol. The van der Waals surface area contributed by atoms with E-state index in [2.05, 4.69) is 42.8 Å². The summed E-state index contributed by atoms with van der Waals surface area (Å²) >= 11 is 2.14. The first-order chi connectivity index (χ1) is 10.7. The van der Waals surface area contributed by atoms with Crippen molar-refractivity contribution in [3.05, 3.63) is 45.8 Å². The Balaban J connectivity index is 1.75. The van der Waals surface area contributed by atoms with Crippen LogP contribution < -0.4 is 10.2 Å². The zero-order valence-corrected chi connectivity index (χ0v) is 14.0. The predicted octanol–water partition coefficient (Wildman–Crippen LogP) is 2.17. The van der Waals surface area contributed by atoms with E-state index < -0.39 is 0 Å². The minimum Gasteiger partial charge on any atom is -0.378 e. The van der Waals surface area contributed by atoms with Crippen molar-refractivity contribution < 1.29 is 9.53 Å². The van der Waals surface area contributed by atoms with E-state index in [1.54, 1.807) is 12.1 Å². The zero-order valence-electron chi connectivity index (χ0n) is 11.8. The van der Waals surface area contributed by atoms with Crippen molar-refractivity contribution in [2.75, 3.05) is 36.5 Å². The number of ether oxygens (including phenoxy) is 1. The topological polar surface area (TPSA) is 67.4 Å². The molecule has 1 aromatic carbocycles. The smallest absolute Gasteiger partial charge is 0.257 e. The van der Waals surface area contributed by atoms with Gasteiger partial charge in [0.2, 0.25) is 0 Å². The van der Waals surface area contributed by atoms with Crippen molar-refractivity contribution in [3.8, 4) is 0 Å². The van der Waals surface area contributed by atoms with Gasteiger partial charge in [0.05, 0.1) is 18.8 Å². The van der Waals surface area contributed by atoms with Gasteiger partial charge in [-0.25, -0.2) is 9.97 Å². The van der Waals surface area contributed by atoms with Gasteiger partial charge in [0.1, 0.15) is 18.0 Å². The molecule has 3 rings (SSSR count). The standard InChI is InChI=1S/C15H15IN4O2/c16-12-4-2-1-3-11(12)15(21)19-13-9-14(18-10-17-13)20-5-7-22-8-6-20/h1-4,9-10H,5-8H2,(H,17,18,19,21). The molecule has 1 N–H and O–H groups in total. The first-order valence-corrected chi connectivity index (χ1v) is 8.02. The van der Waals surface area contributed by atoms with Crippen molar-refractivity contribution in [1.82, 2.24) is 9.97 Å². The van der Waals surface area contributed by atoms with Gasteiger partial charge in [0, 0.05) is 22.7 Å². The van der Waals surface area contributed by atoms with Gasteiger partial charge in [-0.05, 0) is 34.7 Å². The second-order valence-corrected chi connectivity index (χ2v) is 5.96. The summed E-state index contributed by atoms with van der Waals surface area (Å²) in [6, 6.07) is 9.23. The van der Waals surface area contributed by atoms with Crippen LogP contribution >= 0.6 is 22.6 Å². The summed E-state index contributed by atoms with van der Waals surface area (Å²) in [6.45, 7) is 2.96. The highest BCUT2D eigenvalue weighted by molar-refractivity contribution is 14.1. The number of rotatable bonds is 3. The molecule has 2 aromatic rings. The number of hydrogen-bond acceptors (Lipinski definition) is 5.